The number of thiazole rings is 1. The van der Waals surface area contributed by atoms with Crippen molar-refractivity contribution >= 4 is 45.0 Å². The summed E-state index contributed by atoms with van der Waals surface area (Å²) in [4.78, 5) is 23.6. The van der Waals surface area contributed by atoms with Crippen LogP contribution in [-0.4, -0.2) is 24.5 Å². The Balaban J connectivity index is 2.26. The van der Waals surface area contributed by atoms with Crippen molar-refractivity contribution < 1.29 is 19.1 Å². The molecule has 0 aliphatic rings. The molecule has 1 aromatic carbocycles. The molecule has 0 saturated carbocycles. The van der Waals surface area contributed by atoms with Gasteiger partial charge >= 0.3 is 16.9 Å². The van der Waals surface area contributed by atoms with Gasteiger partial charge in [-0.2, -0.15) is 0 Å². The highest BCUT2D eigenvalue weighted by Crippen LogP contribution is 2.27. The van der Waals surface area contributed by atoms with E-state index in [0.717, 1.165) is 11.3 Å². The number of carbonyl (C=O) groups is 2. The highest BCUT2D eigenvalue weighted by Gasteiger charge is 2.27. The van der Waals surface area contributed by atoms with E-state index in [2.05, 4.69) is 5.32 Å². The number of hydrogen-bond donors (Lipinski definition) is 1. The fourth-order valence-electron chi connectivity index (χ4n) is 1.73. The molecular weight excluding hydrogens is 316 g/mol. The van der Waals surface area contributed by atoms with Crippen LogP contribution in [0.15, 0.2) is 18.2 Å². The lowest BCUT2D eigenvalue weighted by Gasteiger charge is -2.10. The van der Waals surface area contributed by atoms with E-state index in [-0.39, 0.29) is 11.6 Å². The number of nitrogens with zero attached hydrogens (tertiary/aromatic N) is 1. The molecule has 112 valence electrons. The van der Waals surface area contributed by atoms with E-state index in [9.17, 15) is 14.8 Å². The Labute approximate surface area is 129 Å². The first kappa shape index (κ1) is 15.5. The number of amides is 1. The van der Waals surface area contributed by atoms with Crippen molar-refractivity contribution in [3.63, 3.8) is 0 Å². The first-order chi connectivity index (χ1) is 9.95. The lowest BCUT2D eigenvalue weighted by atomic mass is 10.3. The van der Waals surface area contributed by atoms with Crippen molar-refractivity contribution in [1.82, 2.24) is 5.32 Å². The predicted molar refractivity (Wildman–Crippen MR) is 79.4 cm³/mol. The Kier molecular flexibility index (Phi) is 4.64. The number of halogens is 1. The van der Waals surface area contributed by atoms with Crippen molar-refractivity contribution in [2.24, 2.45) is 0 Å². The molecular formula is C13H13ClN2O4S. The van der Waals surface area contributed by atoms with Gasteiger partial charge in [0.1, 0.15) is 10.7 Å². The minimum atomic E-state index is -0.835. The smallest absolute Gasteiger partial charge is 0.339 e. The molecule has 0 bridgehead atoms. The minimum absolute atomic E-state index is 0.0748. The second-order valence-electron chi connectivity index (χ2n) is 4.24. The largest absolute Gasteiger partial charge is 0.617 e. The number of hydrogen-bond acceptors (Lipinski definition) is 5. The maximum absolute atomic E-state index is 12.1. The average Bonchev–Trinajstić information content (AvgIpc) is 2.78. The van der Waals surface area contributed by atoms with E-state index in [1.165, 1.54) is 6.92 Å². The zero-order valence-electron chi connectivity index (χ0n) is 11.4. The molecule has 1 aromatic heterocycles. The first-order valence-electron chi connectivity index (χ1n) is 6.23. The van der Waals surface area contributed by atoms with Gasteiger partial charge in [0.25, 0.3) is 0 Å². The van der Waals surface area contributed by atoms with Crippen LogP contribution in [0.25, 0.3) is 10.2 Å². The third kappa shape index (κ3) is 3.08. The fourth-order valence-corrected chi connectivity index (χ4v) is 2.96. The molecule has 1 heterocycles. The van der Waals surface area contributed by atoms with Gasteiger partial charge in [0.15, 0.2) is 0 Å². The zero-order valence-corrected chi connectivity index (χ0v) is 13.0. The van der Waals surface area contributed by atoms with Gasteiger partial charge < -0.3 is 15.3 Å². The number of benzene rings is 1. The van der Waals surface area contributed by atoms with Gasteiger partial charge in [0.05, 0.1) is 11.6 Å². The maximum Gasteiger partial charge on any atom is 0.339 e. The summed E-state index contributed by atoms with van der Waals surface area (Å²) < 4.78 is 5.84. The standard InChI is InChI=1S/C13H13ClN2O4S/c1-3-20-13(18)7(2)15-11(17)12-16(19)9-6-4-5-8(14)10(9)21-12/h4-7H,3H2,1-2H3,(H,15,17). The molecule has 1 atom stereocenters. The Morgan fingerprint density at radius 1 is 1.52 bits per heavy atom. The van der Waals surface area contributed by atoms with E-state index in [1.54, 1.807) is 25.1 Å². The van der Waals surface area contributed by atoms with Gasteiger partial charge in [0, 0.05) is 6.07 Å². The highest BCUT2D eigenvalue weighted by molar-refractivity contribution is 7.20. The number of esters is 1. The SMILES string of the molecule is CCOC(=O)C(C)NC(=O)c1sc2c(Cl)cccc2[n+]1[O-]. The summed E-state index contributed by atoms with van der Waals surface area (Å²) in [5, 5.41) is 14.9. The minimum Gasteiger partial charge on any atom is -0.617 e. The molecule has 0 saturated heterocycles. The van der Waals surface area contributed by atoms with Crippen LogP contribution in [0.4, 0.5) is 0 Å². The van der Waals surface area contributed by atoms with Crippen LogP contribution in [0.5, 0.6) is 0 Å². The molecule has 0 radical (unpaired) electrons. The van der Waals surface area contributed by atoms with E-state index >= 15 is 0 Å². The summed E-state index contributed by atoms with van der Waals surface area (Å²) in [6.07, 6.45) is 0. The van der Waals surface area contributed by atoms with Gasteiger partial charge in [-0.15, -0.1) is 4.73 Å². The molecule has 2 aromatic rings. The maximum atomic E-state index is 12.1. The van der Waals surface area contributed by atoms with Crippen molar-refractivity contribution in [2.75, 3.05) is 6.61 Å². The quantitative estimate of drug-likeness (QED) is 0.527. The van der Waals surface area contributed by atoms with Gasteiger partial charge in [-0.3, -0.25) is 4.79 Å². The monoisotopic (exact) mass is 328 g/mol. The zero-order chi connectivity index (χ0) is 15.6. The lowest BCUT2D eigenvalue weighted by Crippen LogP contribution is -2.44. The van der Waals surface area contributed by atoms with Crippen molar-refractivity contribution in [1.29, 1.82) is 0 Å². The summed E-state index contributed by atoms with van der Waals surface area (Å²) in [7, 11) is 0. The molecule has 1 amide bonds. The predicted octanol–water partition coefficient (Wildman–Crippen LogP) is 1.87. The normalized spacial score (nSPS) is 12.1. The summed E-state index contributed by atoms with van der Waals surface area (Å²) in [5.41, 5.74) is 0.321. The molecule has 0 aliphatic heterocycles. The molecule has 6 nitrogen and oxygen atoms in total. The van der Waals surface area contributed by atoms with E-state index in [0.29, 0.717) is 20.0 Å². The third-order valence-electron chi connectivity index (χ3n) is 2.73. The Morgan fingerprint density at radius 2 is 2.24 bits per heavy atom. The average molecular weight is 329 g/mol. The Bertz CT molecular complexity index is 701. The molecule has 0 spiro atoms. The highest BCUT2D eigenvalue weighted by atomic mass is 35.5. The molecule has 1 unspecified atom stereocenters. The Morgan fingerprint density at radius 3 is 2.86 bits per heavy atom. The topological polar surface area (TPSA) is 82.3 Å². The number of nitrogens with one attached hydrogen (secondary N) is 1. The van der Waals surface area contributed by atoms with E-state index in [1.807, 2.05) is 0 Å². The molecule has 21 heavy (non-hydrogen) atoms. The van der Waals surface area contributed by atoms with Crippen LogP contribution in [0.2, 0.25) is 5.02 Å². The van der Waals surface area contributed by atoms with Gasteiger partial charge in [-0.05, 0) is 19.9 Å². The molecule has 1 N–H and O–H groups in total. The molecule has 8 heteroatoms. The summed E-state index contributed by atoms with van der Waals surface area (Å²) in [5.74, 6) is -1.19. The number of ether oxygens (including phenoxy) is 1. The second-order valence-corrected chi connectivity index (χ2v) is 5.64. The summed E-state index contributed by atoms with van der Waals surface area (Å²) in [6.45, 7) is 3.39. The second kappa shape index (κ2) is 6.28. The first-order valence-corrected chi connectivity index (χ1v) is 7.43. The van der Waals surface area contributed by atoms with Crippen LogP contribution in [0.3, 0.4) is 0 Å². The number of aromatic nitrogens is 1. The van der Waals surface area contributed by atoms with E-state index in [4.69, 9.17) is 16.3 Å². The van der Waals surface area contributed by atoms with Crippen molar-refractivity contribution in [2.45, 2.75) is 19.9 Å². The van der Waals surface area contributed by atoms with Crippen LogP contribution >= 0.6 is 22.9 Å². The molecule has 0 aliphatic carbocycles. The van der Waals surface area contributed by atoms with Crippen LogP contribution in [0.1, 0.15) is 23.6 Å². The van der Waals surface area contributed by atoms with Gasteiger partial charge in [0.2, 0.25) is 5.52 Å². The molecule has 2 rings (SSSR count). The van der Waals surface area contributed by atoms with Crippen molar-refractivity contribution in [3.8, 4) is 0 Å². The number of carbonyl (C=O) groups excluding carboxylic acids is 2. The molecule has 0 fully saturated rings. The van der Waals surface area contributed by atoms with Crippen LogP contribution in [0, 0.1) is 5.21 Å². The third-order valence-corrected chi connectivity index (χ3v) is 4.33. The summed E-state index contributed by atoms with van der Waals surface area (Å²) >= 11 is 6.98. The van der Waals surface area contributed by atoms with Crippen LogP contribution < -0.4 is 10.0 Å². The number of rotatable bonds is 4. The van der Waals surface area contributed by atoms with Crippen molar-refractivity contribution in [3.05, 3.63) is 33.4 Å². The van der Waals surface area contributed by atoms with E-state index < -0.39 is 17.9 Å². The Hall–Kier alpha value is -1.86. The lowest BCUT2D eigenvalue weighted by molar-refractivity contribution is -0.574. The fraction of sp³-hybridized carbons (Fsp3) is 0.308. The summed E-state index contributed by atoms with van der Waals surface area (Å²) in [6, 6.07) is 4.02. The van der Waals surface area contributed by atoms with Gasteiger partial charge in [-0.25, -0.2) is 4.79 Å². The number of fused-ring (bicyclic) bond motifs is 1. The van der Waals surface area contributed by atoms with Crippen LogP contribution in [-0.2, 0) is 9.53 Å². The van der Waals surface area contributed by atoms with Gasteiger partial charge in [-0.1, -0.05) is 29.0 Å².